The molecule has 2 aromatic heterocycles. The van der Waals surface area contributed by atoms with Crippen LogP contribution in [-0.2, 0) is 18.4 Å². The number of unbranched alkanes of at least 4 members (excludes halogenated alkanes) is 1. The minimum Gasteiger partial charge on any atom is -0.268 e. The molecule has 0 unspecified atom stereocenters. The lowest BCUT2D eigenvalue weighted by atomic mass is 9.72. The topological polar surface area (TPSA) is 52.2 Å². The van der Waals surface area contributed by atoms with E-state index in [1.807, 2.05) is 6.07 Å². The van der Waals surface area contributed by atoms with Crippen molar-refractivity contribution in [2.75, 3.05) is 5.75 Å². The molecule has 1 aliphatic rings. The number of fused-ring (bicyclic) bond motifs is 4. The van der Waals surface area contributed by atoms with Crippen LogP contribution in [0.5, 0.6) is 0 Å². The van der Waals surface area contributed by atoms with Gasteiger partial charge in [0.1, 0.15) is 0 Å². The van der Waals surface area contributed by atoms with Crippen LogP contribution in [0.4, 0.5) is 0 Å². The average molecular weight is 395 g/mol. The molecule has 2 heterocycles. The van der Waals surface area contributed by atoms with E-state index in [4.69, 9.17) is 10.1 Å². The number of allylic oxidation sites excluding steroid dienone is 1. The van der Waals surface area contributed by atoms with Gasteiger partial charge in [-0.3, -0.25) is 4.79 Å². The molecule has 28 heavy (non-hydrogen) atoms. The third-order valence-electron chi connectivity index (χ3n) is 5.31. The van der Waals surface area contributed by atoms with E-state index in [9.17, 15) is 4.79 Å². The van der Waals surface area contributed by atoms with E-state index in [1.54, 1.807) is 26.9 Å². The van der Waals surface area contributed by atoms with Crippen LogP contribution in [0.1, 0.15) is 44.7 Å². The number of hydrogen-bond acceptors (Lipinski definition) is 4. The number of thioether (sulfide) groups is 1. The largest absolute Gasteiger partial charge is 0.268 e. The zero-order chi connectivity index (χ0) is 19.9. The molecule has 0 aliphatic heterocycles. The lowest BCUT2D eigenvalue weighted by molar-refractivity contribution is 0.505. The summed E-state index contributed by atoms with van der Waals surface area (Å²) in [6, 6.07) is 8.27. The summed E-state index contributed by atoms with van der Waals surface area (Å²) in [6.07, 6.45) is 4.83. The van der Waals surface area contributed by atoms with Crippen molar-refractivity contribution < 1.29 is 0 Å². The van der Waals surface area contributed by atoms with Crippen molar-refractivity contribution in [3.63, 3.8) is 0 Å². The van der Waals surface area contributed by atoms with Gasteiger partial charge in [-0.1, -0.05) is 69.3 Å². The van der Waals surface area contributed by atoms with E-state index < -0.39 is 0 Å². The zero-order valence-corrected chi connectivity index (χ0v) is 17.6. The van der Waals surface area contributed by atoms with Crippen molar-refractivity contribution in [2.45, 2.75) is 57.1 Å². The van der Waals surface area contributed by atoms with E-state index in [2.05, 4.69) is 45.5 Å². The summed E-state index contributed by atoms with van der Waals surface area (Å²) in [5, 5.41) is 5.42. The van der Waals surface area contributed by atoms with E-state index in [0.717, 1.165) is 47.0 Å². The van der Waals surface area contributed by atoms with Crippen LogP contribution in [0, 0.1) is 0 Å². The summed E-state index contributed by atoms with van der Waals surface area (Å²) < 4.78 is 3.49. The Hall–Kier alpha value is -2.34. The molecule has 4 rings (SSSR count). The first kappa shape index (κ1) is 19.0. The van der Waals surface area contributed by atoms with E-state index in [0.29, 0.717) is 12.3 Å². The molecule has 0 spiro atoms. The predicted octanol–water partition coefficient (Wildman–Crippen LogP) is 4.47. The van der Waals surface area contributed by atoms with Crippen molar-refractivity contribution in [2.24, 2.45) is 0 Å². The SMILES string of the molecule is C=CCn1nc(SCCCC)n2c(=O)c3c(nc12)-c1ccccc1CC3(C)C. The Bertz CT molecular complexity index is 1110. The fourth-order valence-corrected chi connectivity index (χ4v) is 5.03. The molecule has 0 N–H and O–H groups in total. The number of benzene rings is 1. The molecule has 3 aromatic rings. The normalized spacial score (nSPS) is 14.7. The van der Waals surface area contributed by atoms with Gasteiger partial charge in [-0.2, -0.15) is 0 Å². The summed E-state index contributed by atoms with van der Waals surface area (Å²) in [6.45, 7) is 10.8. The lowest BCUT2D eigenvalue weighted by Gasteiger charge is -2.32. The standard InChI is InChI=1S/C22H26N4OS/c1-5-7-13-28-21-24-25(12-6-2)20-23-18-16-11-9-8-10-15(16)14-22(3,4)17(18)19(27)26(20)21/h6,8-11H,2,5,7,12-14H2,1,3-4H3. The molecule has 1 aromatic carbocycles. The van der Waals surface area contributed by atoms with Gasteiger partial charge in [0.2, 0.25) is 5.78 Å². The van der Waals surface area contributed by atoms with Crippen molar-refractivity contribution in [1.29, 1.82) is 0 Å². The molecule has 0 atom stereocenters. The van der Waals surface area contributed by atoms with Crippen LogP contribution in [0.2, 0.25) is 0 Å². The highest BCUT2D eigenvalue weighted by Gasteiger charge is 2.36. The Kier molecular flexibility index (Phi) is 4.91. The second-order valence-corrected chi connectivity index (χ2v) is 9.01. The number of hydrogen-bond donors (Lipinski definition) is 0. The molecule has 0 fully saturated rings. The Labute approximate surface area is 169 Å². The summed E-state index contributed by atoms with van der Waals surface area (Å²) in [5.74, 6) is 1.53. The Morgan fingerprint density at radius 1 is 1.32 bits per heavy atom. The van der Waals surface area contributed by atoms with Crippen molar-refractivity contribution in [3.8, 4) is 11.3 Å². The smallest absolute Gasteiger partial charge is 0.265 e. The molecule has 0 amide bonds. The first-order valence-electron chi connectivity index (χ1n) is 9.84. The summed E-state index contributed by atoms with van der Waals surface area (Å²) >= 11 is 1.63. The van der Waals surface area contributed by atoms with Crippen LogP contribution in [0.3, 0.4) is 0 Å². The molecule has 146 valence electrons. The van der Waals surface area contributed by atoms with Gasteiger partial charge in [0.15, 0.2) is 5.16 Å². The summed E-state index contributed by atoms with van der Waals surface area (Å²) in [4.78, 5) is 18.7. The quantitative estimate of drug-likeness (QED) is 0.352. The predicted molar refractivity (Wildman–Crippen MR) is 115 cm³/mol. The third-order valence-corrected chi connectivity index (χ3v) is 6.32. The lowest BCUT2D eigenvalue weighted by Crippen LogP contribution is -2.36. The van der Waals surface area contributed by atoms with Gasteiger partial charge in [0, 0.05) is 16.7 Å². The molecule has 0 radical (unpaired) electrons. The highest BCUT2D eigenvalue weighted by Crippen LogP contribution is 2.40. The first-order valence-corrected chi connectivity index (χ1v) is 10.8. The maximum atomic E-state index is 13.7. The fraction of sp³-hybridized carbons (Fsp3) is 0.409. The molecule has 0 saturated heterocycles. The van der Waals surface area contributed by atoms with Crippen LogP contribution in [0.15, 0.2) is 46.9 Å². The highest BCUT2D eigenvalue weighted by molar-refractivity contribution is 7.99. The Morgan fingerprint density at radius 2 is 2.11 bits per heavy atom. The fourth-order valence-electron chi connectivity index (χ4n) is 3.97. The summed E-state index contributed by atoms with van der Waals surface area (Å²) in [5.41, 5.74) is 3.62. The van der Waals surface area contributed by atoms with Crippen molar-refractivity contribution in [3.05, 3.63) is 58.4 Å². The molecule has 0 bridgehead atoms. The van der Waals surface area contributed by atoms with Crippen LogP contribution in [0.25, 0.3) is 17.0 Å². The van der Waals surface area contributed by atoms with Crippen LogP contribution in [-0.4, -0.2) is 24.9 Å². The molecule has 0 saturated carbocycles. The van der Waals surface area contributed by atoms with E-state index in [1.165, 1.54) is 5.56 Å². The molecular formula is C22H26N4OS. The maximum absolute atomic E-state index is 13.7. The second kappa shape index (κ2) is 7.24. The Balaban J connectivity index is 2.02. The van der Waals surface area contributed by atoms with Crippen LogP contribution < -0.4 is 5.56 Å². The van der Waals surface area contributed by atoms with Gasteiger partial charge in [0.05, 0.1) is 17.8 Å². The minimum absolute atomic E-state index is 0.00816. The van der Waals surface area contributed by atoms with Gasteiger partial charge in [-0.05, 0) is 18.4 Å². The van der Waals surface area contributed by atoms with Gasteiger partial charge in [-0.25, -0.2) is 14.1 Å². The molecule has 5 nitrogen and oxygen atoms in total. The monoisotopic (exact) mass is 394 g/mol. The number of aromatic nitrogens is 4. The van der Waals surface area contributed by atoms with E-state index >= 15 is 0 Å². The Morgan fingerprint density at radius 3 is 2.86 bits per heavy atom. The van der Waals surface area contributed by atoms with Crippen molar-refractivity contribution in [1.82, 2.24) is 19.2 Å². The molecular weight excluding hydrogens is 368 g/mol. The molecule has 1 aliphatic carbocycles. The van der Waals surface area contributed by atoms with Crippen molar-refractivity contribution >= 4 is 17.5 Å². The van der Waals surface area contributed by atoms with Gasteiger partial charge >= 0.3 is 0 Å². The zero-order valence-electron chi connectivity index (χ0n) is 16.7. The highest BCUT2D eigenvalue weighted by atomic mass is 32.2. The van der Waals surface area contributed by atoms with Gasteiger partial charge < -0.3 is 0 Å². The van der Waals surface area contributed by atoms with Crippen LogP contribution >= 0.6 is 11.8 Å². The third kappa shape index (κ3) is 3.00. The maximum Gasteiger partial charge on any atom is 0.265 e. The average Bonchev–Trinajstić information content (AvgIpc) is 2.99. The first-order chi connectivity index (χ1) is 13.5. The second-order valence-electron chi connectivity index (χ2n) is 7.95. The summed E-state index contributed by atoms with van der Waals surface area (Å²) in [7, 11) is 0. The minimum atomic E-state index is -0.277. The number of nitrogens with zero attached hydrogens (tertiary/aromatic N) is 4. The van der Waals surface area contributed by atoms with Gasteiger partial charge in [0.25, 0.3) is 5.56 Å². The number of rotatable bonds is 6. The van der Waals surface area contributed by atoms with Gasteiger partial charge in [-0.15, -0.1) is 11.7 Å². The molecule has 6 heteroatoms. The van der Waals surface area contributed by atoms with E-state index in [-0.39, 0.29) is 11.0 Å².